The maximum Gasteiger partial charge on any atom is 0.123 e. The van der Waals surface area contributed by atoms with Crippen LogP contribution in [0.15, 0.2) is 24.3 Å². The van der Waals surface area contributed by atoms with Gasteiger partial charge in [0.15, 0.2) is 0 Å². The maximum atomic E-state index is 12.8. The van der Waals surface area contributed by atoms with E-state index in [2.05, 4.69) is 25.1 Å². The second-order valence-corrected chi connectivity index (χ2v) is 4.41. The Morgan fingerprint density at radius 2 is 2.00 bits per heavy atom. The van der Waals surface area contributed by atoms with Crippen molar-refractivity contribution in [3.05, 3.63) is 35.6 Å². The molecule has 0 aliphatic heterocycles. The molecule has 0 radical (unpaired) electrons. The maximum absolute atomic E-state index is 12.8. The molecule has 0 aliphatic carbocycles. The number of terminal acetylenes is 1. The van der Waals surface area contributed by atoms with Crippen LogP contribution in [0.1, 0.15) is 32.3 Å². The second-order valence-electron chi connectivity index (χ2n) is 4.41. The summed E-state index contributed by atoms with van der Waals surface area (Å²) in [6.07, 6.45) is 7.99. The number of halogens is 1. The summed E-state index contributed by atoms with van der Waals surface area (Å²) in [5, 5.41) is 3.49. The highest BCUT2D eigenvalue weighted by molar-refractivity contribution is 5.17. The predicted octanol–water partition coefficient (Wildman–Crippen LogP) is 3.15. The van der Waals surface area contributed by atoms with Crippen LogP contribution in [0.2, 0.25) is 0 Å². The van der Waals surface area contributed by atoms with Crippen molar-refractivity contribution < 1.29 is 4.39 Å². The molecule has 2 atom stereocenters. The van der Waals surface area contributed by atoms with E-state index in [0.29, 0.717) is 12.1 Å². The van der Waals surface area contributed by atoms with Crippen LogP contribution in [0, 0.1) is 18.2 Å². The van der Waals surface area contributed by atoms with Crippen molar-refractivity contribution in [2.45, 2.75) is 45.2 Å². The summed E-state index contributed by atoms with van der Waals surface area (Å²) >= 11 is 0. The summed E-state index contributed by atoms with van der Waals surface area (Å²) in [4.78, 5) is 0. The van der Waals surface area contributed by atoms with Crippen molar-refractivity contribution in [3.63, 3.8) is 0 Å². The summed E-state index contributed by atoms with van der Waals surface area (Å²) in [6.45, 7) is 4.25. The lowest BCUT2D eigenvalue weighted by atomic mass is 10.0. The number of hydrogen-bond donors (Lipinski definition) is 1. The number of benzene rings is 1. The van der Waals surface area contributed by atoms with Crippen LogP contribution >= 0.6 is 0 Å². The first-order valence-electron chi connectivity index (χ1n) is 6.09. The molecule has 2 unspecified atom stereocenters. The highest BCUT2D eigenvalue weighted by Gasteiger charge is 2.09. The molecule has 0 saturated heterocycles. The van der Waals surface area contributed by atoms with E-state index in [1.165, 1.54) is 12.1 Å². The summed E-state index contributed by atoms with van der Waals surface area (Å²) in [5.74, 6) is 2.50. The molecule has 17 heavy (non-hydrogen) atoms. The zero-order chi connectivity index (χ0) is 12.7. The van der Waals surface area contributed by atoms with E-state index in [1.54, 1.807) is 0 Å². The minimum absolute atomic E-state index is 0.187. The molecule has 1 nitrogen and oxygen atoms in total. The van der Waals surface area contributed by atoms with Crippen LogP contribution < -0.4 is 5.32 Å². The lowest BCUT2D eigenvalue weighted by Gasteiger charge is -2.20. The van der Waals surface area contributed by atoms with Gasteiger partial charge in [0.1, 0.15) is 5.82 Å². The van der Waals surface area contributed by atoms with Gasteiger partial charge in [-0.05, 0) is 37.5 Å². The largest absolute Gasteiger partial charge is 0.310 e. The average molecular weight is 233 g/mol. The Bertz CT molecular complexity index is 364. The molecule has 0 aromatic heterocycles. The van der Waals surface area contributed by atoms with E-state index >= 15 is 0 Å². The standard InChI is InChI=1S/C15H20FN/c1-4-6-15(5-2)17-12(3)11-13-7-9-14(16)10-8-13/h1,7-10,12,15,17H,5-6,11H2,2-3H3. The van der Waals surface area contributed by atoms with E-state index in [1.807, 2.05) is 12.1 Å². The molecule has 1 aromatic rings. The second kappa shape index (κ2) is 7.09. The van der Waals surface area contributed by atoms with Gasteiger partial charge in [-0.2, -0.15) is 0 Å². The van der Waals surface area contributed by atoms with Crippen molar-refractivity contribution in [2.24, 2.45) is 0 Å². The van der Waals surface area contributed by atoms with Gasteiger partial charge in [0.05, 0.1) is 0 Å². The van der Waals surface area contributed by atoms with E-state index in [9.17, 15) is 4.39 Å². The summed E-state index contributed by atoms with van der Waals surface area (Å²) in [5.41, 5.74) is 1.14. The van der Waals surface area contributed by atoms with Crippen LogP contribution in [0.5, 0.6) is 0 Å². The Morgan fingerprint density at radius 3 is 2.53 bits per heavy atom. The molecule has 0 spiro atoms. The first-order valence-corrected chi connectivity index (χ1v) is 6.09. The first kappa shape index (κ1) is 13.7. The van der Waals surface area contributed by atoms with Crippen LogP contribution in [-0.2, 0) is 6.42 Å². The molecule has 0 bridgehead atoms. The fourth-order valence-electron chi connectivity index (χ4n) is 1.90. The summed E-state index contributed by atoms with van der Waals surface area (Å²) < 4.78 is 12.8. The number of nitrogens with one attached hydrogen (secondary N) is 1. The lowest BCUT2D eigenvalue weighted by Crippen LogP contribution is -2.37. The van der Waals surface area contributed by atoms with E-state index in [4.69, 9.17) is 6.42 Å². The van der Waals surface area contributed by atoms with Gasteiger partial charge in [0, 0.05) is 18.5 Å². The SMILES string of the molecule is C#CCC(CC)NC(C)Cc1ccc(F)cc1. The zero-order valence-corrected chi connectivity index (χ0v) is 10.5. The Labute approximate surface area is 103 Å². The topological polar surface area (TPSA) is 12.0 Å². The minimum atomic E-state index is -0.187. The van der Waals surface area contributed by atoms with Gasteiger partial charge in [0.25, 0.3) is 0 Å². The van der Waals surface area contributed by atoms with E-state index < -0.39 is 0 Å². The number of hydrogen-bond acceptors (Lipinski definition) is 1. The van der Waals surface area contributed by atoms with Gasteiger partial charge < -0.3 is 5.32 Å². The predicted molar refractivity (Wildman–Crippen MR) is 70.2 cm³/mol. The molecule has 1 rings (SSSR count). The van der Waals surface area contributed by atoms with Crippen molar-refractivity contribution in [2.75, 3.05) is 0 Å². The van der Waals surface area contributed by atoms with Gasteiger partial charge in [-0.25, -0.2) is 4.39 Å². The molecule has 0 aliphatic rings. The molecule has 92 valence electrons. The van der Waals surface area contributed by atoms with Gasteiger partial charge >= 0.3 is 0 Å². The van der Waals surface area contributed by atoms with Crippen LogP contribution in [0.4, 0.5) is 4.39 Å². The van der Waals surface area contributed by atoms with Crippen LogP contribution in [0.25, 0.3) is 0 Å². The third-order valence-corrected chi connectivity index (χ3v) is 2.83. The third kappa shape index (κ3) is 5.01. The van der Waals surface area contributed by atoms with Gasteiger partial charge in [-0.15, -0.1) is 12.3 Å². The van der Waals surface area contributed by atoms with Crippen molar-refractivity contribution >= 4 is 0 Å². The first-order chi connectivity index (χ1) is 8.15. The third-order valence-electron chi connectivity index (χ3n) is 2.83. The van der Waals surface area contributed by atoms with Gasteiger partial charge in [-0.3, -0.25) is 0 Å². The fraction of sp³-hybridized carbons (Fsp3) is 0.467. The van der Waals surface area contributed by atoms with Crippen molar-refractivity contribution in [1.29, 1.82) is 0 Å². The highest BCUT2D eigenvalue weighted by atomic mass is 19.1. The molecular formula is C15H20FN. The molecular weight excluding hydrogens is 213 g/mol. The molecule has 1 N–H and O–H groups in total. The molecule has 0 heterocycles. The molecule has 1 aromatic carbocycles. The summed E-state index contributed by atoms with van der Waals surface area (Å²) in [7, 11) is 0. The van der Waals surface area contributed by atoms with Crippen molar-refractivity contribution in [1.82, 2.24) is 5.32 Å². The lowest BCUT2D eigenvalue weighted by molar-refractivity contribution is 0.437. The fourth-order valence-corrected chi connectivity index (χ4v) is 1.90. The quantitative estimate of drug-likeness (QED) is 0.744. The van der Waals surface area contributed by atoms with E-state index in [-0.39, 0.29) is 5.82 Å². The molecule has 0 fully saturated rings. The normalized spacial score (nSPS) is 14.0. The van der Waals surface area contributed by atoms with Crippen LogP contribution in [-0.4, -0.2) is 12.1 Å². The number of rotatable bonds is 6. The Hall–Kier alpha value is -1.33. The van der Waals surface area contributed by atoms with Gasteiger partial charge in [0.2, 0.25) is 0 Å². The zero-order valence-electron chi connectivity index (χ0n) is 10.5. The van der Waals surface area contributed by atoms with Gasteiger partial charge in [-0.1, -0.05) is 19.1 Å². The Morgan fingerprint density at radius 1 is 1.35 bits per heavy atom. The monoisotopic (exact) mass is 233 g/mol. The summed E-state index contributed by atoms with van der Waals surface area (Å²) in [6, 6.07) is 7.38. The molecule has 2 heteroatoms. The minimum Gasteiger partial charge on any atom is -0.310 e. The van der Waals surface area contributed by atoms with Crippen molar-refractivity contribution in [3.8, 4) is 12.3 Å². The van der Waals surface area contributed by atoms with Crippen LogP contribution in [0.3, 0.4) is 0 Å². The smallest absolute Gasteiger partial charge is 0.123 e. The molecule has 0 saturated carbocycles. The molecule has 0 amide bonds. The Kier molecular flexibility index (Phi) is 5.72. The Balaban J connectivity index is 2.46. The highest BCUT2D eigenvalue weighted by Crippen LogP contribution is 2.07. The van der Waals surface area contributed by atoms with E-state index in [0.717, 1.165) is 24.8 Å². The average Bonchev–Trinajstić information content (AvgIpc) is 2.31.